The molecule has 1 aliphatic heterocycles. The number of aliphatic imine (C=N–C) groups is 1. The quantitative estimate of drug-likeness (QED) is 0.540. The van der Waals surface area contributed by atoms with Gasteiger partial charge in [0.2, 0.25) is 5.91 Å². The number of hydrogen-bond acceptors (Lipinski definition) is 3. The Morgan fingerprint density at radius 3 is 2.56 bits per heavy atom. The molecule has 2 aromatic rings. The van der Waals surface area contributed by atoms with Crippen LogP contribution in [0.4, 0.5) is 5.69 Å². The number of nitrogens with zero attached hydrogens (tertiary/aromatic N) is 2. The summed E-state index contributed by atoms with van der Waals surface area (Å²) in [5.74, 6) is 0.884. The standard InChI is InChI=1S/C21H27N5O/c1-2-22-21(24-14-17-6-4-3-5-7-17)25-15-18-8-10-19(11-9-18)26-13-12-23-20(27)16-26/h3-11H,2,12-16H2,1H3,(H,23,27)(H2,22,24,25). The SMILES string of the molecule is CCNC(=NCc1ccccc1)NCc1ccc(N2CCNC(=O)C2)cc1. The molecule has 0 radical (unpaired) electrons. The number of nitrogens with one attached hydrogen (secondary N) is 3. The second-order valence-corrected chi connectivity index (χ2v) is 6.47. The Labute approximate surface area is 160 Å². The van der Waals surface area contributed by atoms with E-state index in [4.69, 9.17) is 0 Å². The first kappa shape index (κ1) is 18.8. The Hall–Kier alpha value is -3.02. The van der Waals surface area contributed by atoms with E-state index in [-0.39, 0.29) is 5.91 Å². The van der Waals surface area contributed by atoms with Gasteiger partial charge in [-0.15, -0.1) is 0 Å². The molecule has 0 unspecified atom stereocenters. The first-order chi connectivity index (χ1) is 13.2. The number of carbonyl (C=O) groups excluding carboxylic acids is 1. The summed E-state index contributed by atoms with van der Waals surface area (Å²) >= 11 is 0. The first-order valence-electron chi connectivity index (χ1n) is 9.41. The number of hydrogen-bond donors (Lipinski definition) is 3. The van der Waals surface area contributed by atoms with E-state index in [0.29, 0.717) is 26.2 Å². The van der Waals surface area contributed by atoms with Crippen LogP contribution in [0.2, 0.25) is 0 Å². The highest BCUT2D eigenvalue weighted by atomic mass is 16.2. The molecule has 2 aromatic carbocycles. The molecule has 3 N–H and O–H groups in total. The summed E-state index contributed by atoms with van der Waals surface area (Å²) in [5, 5.41) is 9.50. The fourth-order valence-electron chi connectivity index (χ4n) is 2.96. The summed E-state index contributed by atoms with van der Waals surface area (Å²) in [6.07, 6.45) is 0. The third kappa shape index (κ3) is 5.74. The second kappa shape index (κ2) is 9.62. The highest BCUT2D eigenvalue weighted by Crippen LogP contribution is 2.16. The molecule has 27 heavy (non-hydrogen) atoms. The van der Waals surface area contributed by atoms with E-state index in [0.717, 1.165) is 24.7 Å². The van der Waals surface area contributed by atoms with Crippen molar-refractivity contribution in [2.45, 2.75) is 20.0 Å². The molecule has 0 atom stereocenters. The van der Waals surface area contributed by atoms with E-state index >= 15 is 0 Å². The van der Waals surface area contributed by atoms with Gasteiger partial charge in [-0.1, -0.05) is 42.5 Å². The van der Waals surface area contributed by atoms with Gasteiger partial charge in [-0.25, -0.2) is 4.99 Å². The van der Waals surface area contributed by atoms with Crippen molar-refractivity contribution in [1.29, 1.82) is 0 Å². The van der Waals surface area contributed by atoms with Gasteiger partial charge in [0, 0.05) is 31.9 Å². The summed E-state index contributed by atoms with van der Waals surface area (Å²) in [5.41, 5.74) is 3.44. The van der Waals surface area contributed by atoms with E-state index in [1.165, 1.54) is 11.1 Å². The van der Waals surface area contributed by atoms with Crippen molar-refractivity contribution in [1.82, 2.24) is 16.0 Å². The van der Waals surface area contributed by atoms with Gasteiger partial charge in [-0.2, -0.15) is 0 Å². The minimum absolute atomic E-state index is 0.0805. The Morgan fingerprint density at radius 2 is 1.85 bits per heavy atom. The van der Waals surface area contributed by atoms with Crippen molar-refractivity contribution in [2.75, 3.05) is 31.1 Å². The van der Waals surface area contributed by atoms with Gasteiger partial charge < -0.3 is 20.9 Å². The van der Waals surface area contributed by atoms with Crippen LogP contribution in [0.15, 0.2) is 59.6 Å². The van der Waals surface area contributed by atoms with Gasteiger partial charge in [0.1, 0.15) is 0 Å². The van der Waals surface area contributed by atoms with Crippen LogP contribution in [0.5, 0.6) is 0 Å². The zero-order chi connectivity index (χ0) is 18.9. The van der Waals surface area contributed by atoms with Crippen molar-refractivity contribution < 1.29 is 4.79 Å². The maximum atomic E-state index is 11.5. The molecule has 1 aliphatic rings. The summed E-state index contributed by atoms with van der Waals surface area (Å²) in [7, 11) is 0. The molecule has 0 bridgehead atoms. The molecular formula is C21H27N5O. The minimum Gasteiger partial charge on any atom is -0.360 e. The summed E-state index contributed by atoms with van der Waals surface area (Å²) < 4.78 is 0. The number of benzene rings is 2. The van der Waals surface area contributed by atoms with Crippen LogP contribution < -0.4 is 20.9 Å². The van der Waals surface area contributed by atoms with Crippen LogP contribution in [0, 0.1) is 0 Å². The number of piperazine rings is 1. The fraction of sp³-hybridized carbons (Fsp3) is 0.333. The molecule has 1 saturated heterocycles. The monoisotopic (exact) mass is 365 g/mol. The second-order valence-electron chi connectivity index (χ2n) is 6.47. The third-order valence-electron chi connectivity index (χ3n) is 4.41. The summed E-state index contributed by atoms with van der Waals surface area (Å²) in [6, 6.07) is 18.5. The Kier molecular flexibility index (Phi) is 6.68. The maximum absolute atomic E-state index is 11.5. The van der Waals surface area contributed by atoms with Crippen LogP contribution in [0.1, 0.15) is 18.1 Å². The maximum Gasteiger partial charge on any atom is 0.239 e. The number of guanidine groups is 1. The molecule has 1 heterocycles. The molecule has 0 aromatic heterocycles. The van der Waals surface area contributed by atoms with Crippen molar-refractivity contribution >= 4 is 17.6 Å². The van der Waals surface area contributed by atoms with Crippen LogP contribution >= 0.6 is 0 Å². The predicted octanol–water partition coefficient (Wildman–Crippen LogP) is 1.88. The zero-order valence-electron chi connectivity index (χ0n) is 15.7. The lowest BCUT2D eigenvalue weighted by Crippen LogP contribution is -2.47. The molecule has 0 aliphatic carbocycles. The van der Waals surface area contributed by atoms with E-state index in [9.17, 15) is 4.79 Å². The average Bonchev–Trinajstić information content (AvgIpc) is 2.71. The third-order valence-corrected chi connectivity index (χ3v) is 4.41. The Morgan fingerprint density at radius 1 is 1.07 bits per heavy atom. The molecule has 0 saturated carbocycles. The van der Waals surface area contributed by atoms with Crippen LogP contribution in [0.25, 0.3) is 0 Å². The molecule has 3 rings (SSSR count). The highest BCUT2D eigenvalue weighted by Gasteiger charge is 2.16. The van der Waals surface area contributed by atoms with Gasteiger partial charge in [-0.05, 0) is 30.2 Å². The molecule has 1 amide bonds. The molecular weight excluding hydrogens is 338 g/mol. The topological polar surface area (TPSA) is 68.8 Å². The summed E-state index contributed by atoms with van der Waals surface area (Å²) in [6.45, 7) is 6.19. The molecule has 6 heteroatoms. The van der Waals surface area contributed by atoms with Gasteiger partial charge >= 0.3 is 0 Å². The Bertz CT molecular complexity index is 758. The smallest absolute Gasteiger partial charge is 0.239 e. The van der Waals surface area contributed by atoms with E-state index in [2.05, 4.69) is 69.2 Å². The van der Waals surface area contributed by atoms with Crippen molar-refractivity contribution in [3.63, 3.8) is 0 Å². The van der Waals surface area contributed by atoms with Gasteiger partial charge in [0.05, 0.1) is 13.1 Å². The van der Waals surface area contributed by atoms with Crippen molar-refractivity contribution in [3.8, 4) is 0 Å². The normalized spacial score (nSPS) is 14.6. The van der Waals surface area contributed by atoms with Gasteiger partial charge in [0.25, 0.3) is 0 Å². The lowest BCUT2D eigenvalue weighted by Gasteiger charge is -2.28. The highest BCUT2D eigenvalue weighted by molar-refractivity contribution is 5.82. The van der Waals surface area contributed by atoms with Crippen LogP contribution in [-0.2, 0) is 17.9 Å². The molecule has 142 valence electrons. The number of anilines is 1. The summed E-state index contributed by atoms with van der Waals surface area (Å²) in [4.78, 5) is 18.3. The number of amides is 1. The number of rotatable bonds is 6. The first-order valence-corrected chi connectivity index (χ1v) is 9.41. The zero-order valence-corrected chi connectivity index (χ0v) is 15.7. The van der Waals surface area contributed by atoms with Gasteiger partial charge in [0.15, 0.2) is 5.96 Å². The van der Waals surface area contributed by atoms with Gasteiger partial charge in [-0.3, -0.25) is 4.79 Å². The molecule has 0 spiro atoms. The van der Waals surface area contributed by atoms with Crippen LogP contribution in [0.3, 0.4) is 0 Å². The molecule has 1 fully saturated rings. The fourth-order valence-corrected chi connectivity index (χ4v) is 2.96. The van der Waals surface area contributed by atoms with E-state index < -0.39 is 0 Å². The van der Waals surface area contributed by atoms with Crippen LogP contribution in [-0.4, -0.2) is 38.0 Å². The van der Waals surface area contributed by atoms with E-state index in [1.54, 1.807) is 0 Å². The lowest BCUT2D eigenvalue weighted by atomic mass is 10.2. The Balaban J connectivity index is 1.56. The largest absolute Gasteiger partial charge is 0.360 e. The minimum atomic E-state index is 0.0805. The van der Waals surface area contributed by atoms with E-state index in [1.807, 2.05) is 18.2 Å². The number of carbonyl (C=O) groups is 1. The average molecular weight is 365 g/mol. The molecule has 6 nitrogen and oxygen atoms in total. The van der Waals surface area contributed by atoms with Crippen molar-refractivity contribution in [2.24, 2.45) is 4.99 Å². The lowest BCUT2D eigenvalue weighted by molar-refractivity contribution is -0.120. The van der Waals surface area contributed by atoms with Crippen molar-refractivity contribution in [3.05, 3.63) is 65.7 Å². The predicted molar refractivity (Wildman–Crippen MR) is 110 cm³/mol.